The Kier molecular flexibility index (Phi) is 4.13. The van der Waals surface area contributed by atoms with Gasteiger partial charge in [0.1, 0.15) is 0 Å². The van der Waals surface area contributed by atoms with E-state index in [1.807, 2.05) is 66.4 Å². The summed E-state index contributed by atoms with van der Waals surface area (Å²) < 4.78 is 0. The van der Waals surface area contributed by atoms with Gasteiger partial charge >= 0.3 is 0 Å². The average Bonchev–Trinajstić information content (AvgIpc) is 2.46. The van der Waals surface area contributed by atoms with Gasteiger partial charge in [0, 0.05) is 0 Å². The molecule has 0 unspecified atom stereocenters. The average molecular weight is 254 g/mol. The van der Waals surface area contributed by atoms with Crippen molar-refractivity contribution in [3.63, 3.8) is 0 Å². The van der Waals surface area contributed by atoms with Gasteiger partial charge in [-0.15, -0.1) is 0 Å². The molecule has 2 heteroatoms. The predicted molar refractivity (Wildman–Crippen MR) is 79.6 cm³/mol. The lowest BCUT2D eigenvalue weighted by atomic mass is 10.4. The van der Waals surface area contributed by atoms with Crippen LogP contribution in [0.3, 0.4) is 0 Å². The van der Waals surface area contributed by atoms with Crippen molar-refractivity contribution in [2.75, 3.05) is 0 Å². The first-order valence-electron chi connectivity index (χ1n) is 6.28. The maximum Gasteiger partial charge on any atom is 0.277 e. The summed E-state index contributed by atoms with van der Waals surface area (Å²) in [6.07, 6.45) is 3.00. The molecule has 1 N–H and O–H groups in total. The minimum absolute atomic E-state index is 0.939. The summed E-state index contributed by atoms with van der Waals surface area (Å²) in [5.74, 6) is 0. The Labute approximate surface area is 110 Å². The summed E-state index contributed by atoms with van der Waals surface area (Å²) >= 11 is 0. The van der Waals surface area contributed by atoms with E-state index in [1.54, 1.807) is 0 Å². The molecule has 0 atom stereocenters. The molecular weight excluding hydrogens is 236 g/mol. The Morgan fingerprint density at radius 3 is 1.72 bits per heavy atom. The van der Waals surface area contributed by atoms with E-state index in [0.717, 1.165) is 16.8 Å². The Bertz CT molecular complexity index is 466. The van der Waals surface area contributed by atoms with Crippen LogP contribution in [0, 0.1) is 0 Å². The van der Waals surface area contributed by atoms with E-state index >= 15 is 0 Å². The van der Waals surface area contributed by atoms with E-state index < -0.39 is 8.32 Å². The molecule has 0 radical (unpaired) electrons. The van der Waals surface area contributed by atoms with Crippen LogP contribution in [0.4, 0.5) is 0 Å². The van der Waals surface area contributed by atoms with Crippen molar-refractivity contribution < 1.29 is 4.80 Å². The zero-order valence-corrected chi connectivity index (χ0v) is 11.6. The highest BCUT2D eigenvalue weighted by Gasteiger charge is 2.32. The number of hydrogen-bond donors (Lipinski definition) is 1. The van der Waals surface area contributed by atoms with Gasteiger partial charge in [0.25, 0.3) is 8.32 Å². The molecule has 1 nitrogen and oxygen atoms in total. The molecule has 0 aliphatic heterocycles. The van der Waals surface area contributed by atoms with Gasteiger partial charge in [-0.05, 0) is 16.8 Å². The van der Waals surface area contributed by atoms with Gasteiger partial charge in [-0.2, -0.15) is 0 Å². The second kappa shape index (κ2) is 5.80. The molecule has 0 heterocycles. The predicted octanol–water partition coefficient (Wildman–Crippen LogP) is 2.24. The summed E-state index contributed by atoms with van der Waals surface area (Å²) in [6, 6.07) is 19.9. The van der Waals surface area contributed by atoms with E-state index in [9.17, 15) is 4.80 Å². The lowest BCUT2D eigenvalue weighted by Gasteiger charge is -2.22. The Morgan fingerprint density at radius 2 is 1.33 bits per heavy atom. The highest BCUT2D eigenvalue weighted by atomic mass is 28.4. The molecule has 0 aliphatic carbocycles. The largest absolute Gasteiger partial charge is 0.421 e. The molecule has 2 aromatic rings. The Balaban J connectivity index is 2.51. The van der Waals surface area contributed by atoms with Gasteiger partial charge in [0.05, 0.1) is 0 Å². The minimum Gasteiger partial charge on any atom is -0.421 e. The third kappa shape index (κ3) is 2.60. The van der Waals surface area contributed by atoms with Crippen molar-refractivity contribution in [2.45, 2.75) is 13.3 Å². The molecule has 0 amide bonds. The summed E-state index contributed by atoms with van der Waals surface area (Å²) in [6.45, 7) is 2.08. The number of allylic oxidation sites excluding steroid dienone is 1. The van der Waals surface area contributed by atoms with Crippen molar-refractivity contribution in [1.82, 2.24) is 0 Å². The van der Waals surface area contributed by atoms with Crippen LogP contribution in [0.1, 0.15) is 13.3 Å². The van der Waals surface area contributed by atoms with Crippen molar-refractivity contribution in [3.05, 3.63) is 72.4 Å². The van der Waals surface area contributed by atoms with Crippen LogP contribution in [0.2, 0.25) is 0 Å². The summed E-state index contributed by atoms with van der Waals surface area (Å²) in [5, 5.41) is 2.06. The van der Waals surface area contributed by atoms with E-state index in [1.165, 1.54) is 0 Å². The molecular formula is C16H18OSi. The van der Waals surface area contributed by atoms with Gasteiger partial charge in [-0.1, -0.05) is 79.4 Å². The van der Waals surface area contributed by atoms with Gasteiger partial charge < -0.3 is 4.80 Å². The molecule has 92 valence electrons. The van der Waals surface area contributed by atoms with E-state index in [-0.39, 0.29) is 0 Å². The molecule has 0 bridgehead atoms. The maximum atomic E-state index is 11.1. The van der Waals surface area contributed by atoms with Crippen molar-refractivity contribution in [1.29, 1.82) is 0 Å². The van der Waals surface area contributed by atoms with Crippen molar-refractivity contribution in [3.8, 4) is 0 Å². The number of hydrogen-bond acceptors (Lipinski definition) is 1. The fourth-order valence-corrected chi connectivity index (χ4v) is 4.73. The fraction of sp³-hybridized carbons (Fsp3) is 0.125. The smallest absolute Gasteiger partial charge is 0.277 e. The van der Waals surface area contributed by atoms with Gasteiger partial charge in [0.2, 0.25) is 0 Å². The first-order valence-corrected chi connectivity index (χ1v) is 8.31. The molecule has 2 rings (SSSR count). The van der Waals surface area contributed by atoms with E-state index in [2.05, 4.69) is 13.0 Å². The third-order valence-electron chi connectivity index (χ3n) is 3.02. The molecule has 0 saturated carbocycles. The zero-order chi connectivity index (χ0) is 12.8. The second-order valence-electron chi connectivity index (χ2n) is 4.31. The quantitative estimate of drug-likeness (QED) is 0.830. The zero-order valence-electron chi connectivity index (χ0n) is 10.6. The molecule has 0 fully saturated rings. The van der Waals surface area contributed by atoms with Crippen molar-refractivity contribution in [2.24, 2.45) is 0 Å². The normalized spacial score (nSPS) is 11.9. The van der Waals surface area contributed by atoms with Gasteiger partial charge in [-0.3, -0.25) is 0 Å². The number of benzene rings is 2. The lowest BCUT2D eigenvalue weighted by molar-refractivity contribution is 0.581. The lowest BCUT2D eigenvalue weighted by Crippen LogP contribution is -2.57. The minimum atomic E-state index is -2.70. The third-order valence-corrected chi connectivity index (χ3v) is 6.17. The van der Waals surface area contributed by atoms with Crippen LogP contribution >= 0.6 is 0 Å². The molecule has 0 aromatic heterocycles. The fourth-order valence-electron chi connectivity index (χ4n) is 2.03. The van der Waals surface area contributed by atoms with Gasteiger partial charge in [0.15, 0.2) is 0 Å². The summed E-state index contributed by atoms with van der Waals surface area (Å²) in [7, 11) is -2.70. The Morgan fingerprint density at radius 1 is 0.889 bits per heavy atom. The summed E-state index contributed by atoms with van der Waals surface area (Å²) in [5.41, 5.74) is 2.01. The second-order valence-corrected chi connectivity index (χ2v) is 7.33. The Hall–Kier alpha value is -1.64. The van der Waals surface area contributed by atoms with Gasteiger partial charge in [-0.25, -0.2) is 0 Å². The first-order chi connectivity index (χ1) is 8.77. The molecule has 0 saturated heterocycles. The SMILES string of the molecule is CC/C=C/[Si](O)(c1ccccc1)c1ccccc1. The van der Waals surface area contributed by atoms with E-state index in [0.29, 0.717) is 0 Å². The standard InChI is InChI=1S/C16H18OSi/c1-2-3-14-18(17,15-10-6-4-7-11-15)16-12-8-5-9-13-16/h3-14,17H,2H2,1H3/b14-3+. The molecule has 0 spiro atoms. The number of rotatable bonds is 4. The first kappa shape index (κ1) is 12.8. The topological polar surface area (TPSA) is 20.2 Å². The van der Waals surface area contributed by atoms with Crippen LogP contribution in [-0.2, 0) is 0 Å². The van der Waals surface area contributed by atoms with Crippen LogP contribution in [0.5, 0.6) is 0 Å². The van der Waals surface area contributed by atoms with E-state index in [4.69, 9.17) is 0 Å². The molecule has 2 aromatic carbocycles. The maximum absolute atomic E-state index is 11.1. The summed E-state index contributed by atoms with van der Waals surface area (Å²) in [4.78, 5) is 11.1. The van der Waals surface area contributed by atoms with Crippen LogP contribution in [0.15, 0.2) is 72.4 Å². The highest BCUT2D eigenvalue weighted by Crippen LogP contribution is 2.04. The van der Waals surface area contributed by atoms with Crippen LogP contribution < -0.4 is 10.4 Å². The van der Waals surface area contributed by atoms with Crippen LogP contribution in [0.25, 0.3) is 0 Å². The van der Waals surface area contributed by atoms with Crippen LogP contribution in [-0.4, -0.2) is 13.1 Å². The molecule has 0 aliphatic rings. The van der Waals surface area contributed by atoms with Crippen molar-refractivity contribution >= 4 is 18.7 Å². The monoisotopic (exact) mass is 254 g/mol. The molecule has 18 heavy (non-hydrogen) atoms. The highest BCUT2D eigenvalue weighted by molar-refractivity contribution is 7.00.